The molecule has 4 aromatic rings. The van der Waals surface area contributed by atoms with Crippen molar-refractivity contribution in [3.05, 3.63) is 53.5 Å². The monoisotopic (exact) mass is 638 g/mol. The Balaban J connectivity index is 1.19. The molecule has 6 rings (SSSR count). The van der Waals surface area contributed by atoms with Gasteiger partial charge in [0.15, 0.2) is 11.6 Å². The molecule has 2 saturated heterocycles. The fraction of sp³-hybridized carbons (Fsp3) is 0.393. The van der Waals surface area contributed by atoms with Crippen molar-refractivity contribution in [1.29, 1.82) is 0 Å². The molecule has 14 nitrogen and oxygen atoms in total. The SMILES string of the molecule is Cn1nccc1NC(=O)Nc1ccc(-c2nc(-c3ccc(CN4CCN(S(C)(=O)=O)CC4)s3)nc(N3CCOCC3)n2)cc1. The van der Waals surface area contributed by atoms with E-state index in [-0.39, 0.29) is 6.03 Å². The molecule has 0 radical (unpaired) electrons. The molecular weight excluding hydrogens is 605 g/mol. The smallest absolute Gasteiger partial charge is 0.324 e. The van der Waals surface area contributed by atoms with E-state index in [0.717, 1.165) is 21.9 Å². The number of nitrogens with one attached hydrogen (secondary N) is 2. The molecule has 2 amide bonds. The predicted molar refractivity (Wildman–Crippen MR) is 169 cm³/mol. The van der Waals surface area contributed by atoms with Crippen LogP contribution in [0.2, 0.25) is 0 Å². The molecule has 2 N–H and O–H groups in total. The van der Waals surface area contributed by atoms with Gasteiger partial charge in [-0.2, -0.15) is 19.4 Å². The molecule has 2 aliphatic rings. The maximum Gasteiger partial charge on any atom is 0.324 e. The molecule has 0 bridgehead atoms. The number of urea groups is 1. The second-order valence-corrected chi connectivity index (χ2v) is 13.7. The normalized spacial score (nSPS) is 16.6. The van der Waals surface area contributed by atoms with Crippen LogP contribution < -0.4 is 15.5 Å². The maximum atomic E-state index is 12.4. The van der Waals surface area contributed by atoms with Gasteiger partial charge in [-0.3, -0.25) is 14.9 Å². The van der Waals surface area contributed by atoms with Crippen LogP contribution in [0.1, 0.15) is 4.88 Å². The standard InChI is InChI=1S/C28H34N10O4S2/c1-35-24(9-10-29-35)31-28(39)30-21-5-3-20(4-6-21)25-32-26(34-27(33-25)37-15-17-42-18-16-37)23-8-7-22(43-23)19-36-11-13-38(14-12-36)44(2,40)41/h3-10H,11-19H2,1-2H3,(H2,30,31,39). The summed E-state index contributed by atoms with van der Waals surface area (Å²) >= 11 is 1.63. The van der Waals surface area contributed by atoms with Gasteiger partial charge in [0.25, 0.3) is 0 Å². The molecule has 5 heterocycles. The third kappa shape index (κ3) is 7.22. The summed E-state index contributed by atoms with van der Waals surface area (Å²) in [6.45, 7) is 5.69. The Bertz CT molecular complexity index is 1710. The zero-order chi connectivity index (χ0) is 30.7. The topological polar surface area (TPSA) is 151 Å². The first-order valence-corrected chi connectivity index (χ1v) is 16.9. The van der Waals surface area contributed by atoms with Crippen LogP contribution in [0.25, 0.3) is 22.1 Å². The summed E-state index contributed by atoms with van der Waals surface area (Å²) in [6.07, 6.45) is 2.87. The highest BCUT2D eigenvalue weighted by Crippen LogP contribution is 2.30. The van der Waals surface area contributed by atoms with Crippen LogP contribution in [0.4, 0.5) is 22.2 Å². The molecule has 16 heteroatoms. The number of sulfonamides is 1. The Morgan fingerprint density at radius 3 is 2.32 bits per heavy atom. The number of carbonyl (C=O) groups excluding carboxylic acids is 1. The van der Waals surface area contributed by atoms with Crippen molar-refractivity contribution in [3.8, 4) is 22.1 Å². The second-order valence-electron chi connectivity index (χ2n) is 10.6. The lowest BCUT2D eigenvalue weighted by Crippen LogP contribution is -2.47. The van der Waals surface area contributed by atoms with Crippen molar-refractivity contribution in [2.24, 2.45) is 7.05 Å². The minimum absolute atomic E-state index is 0.371. The van der Waals surface area contributed by atoms with Crippen molar-refractivity contribution in [3.63, 3.8) is 0 Å². The molecule has 2 aliphatic heterocycles. The molecule has 232 valence electrons. The number of nitrogens with zero attached hydrogens (tertiary/aromatic N) is 8. The lowest BCUT2D eigenvalue weighted by Gasteiger charge is -2.32. The van der Waals surface area contributed by atoms with Crippen molar-refractivity contribution in [1.82, 2.24) is 33.9 Å². The van der Waals surface area contributed by atoms with Crippen molar-refractivity contribution < 1.29 is 17.9 Å². The number of carbonyl (C=O) groups is 1. The number of anilines is 3. The van der Waals surface area contributed by atoms with E-state index in [1.165, 1.54) is 10.6 Å². The van der Waals surface area contributed by atoms with Crippen molar-refractivity contribution >= 4 is 44.8 Å². The quantitative estimate of drug-likeness (QED) is 0.295. The van der Waals surface area contributed by atoms with Gasteiger partial charge in [-0.25, -0.2) is 18.2 Å². The Hall–Kier alpha value is -3.96. The van der Waals surface area contributed by atoms with E-state index in [4.69, 9.17) is 19.7 Å². The van der Waals surface area contributed by atoms with Crippen LogP contribution in [0.15, 0.2) is 48.7 Å². The molecular formula is C28H34N10O4S2. The minimum Gasteiger partial charge on any atom is -0.378 e. The first-order valence-electron chi connectivity index (χ1n) is 14.2. The number of amides is 2. The summed E-state index contributed by atoms with van der Waals surface area (Å²) in [5, 5.41) is 9.65. The predicted octanol–water partition coefficient (Wildman–Crippen LogP) is 2.56. The average molecular weight is 639 g/mol. The summed E-state index contributed by atoms with van der Waals surface area (Å²) < 4.78 is 32.4. The highest BCUT2D eigenvalue weighted by atomic mass is 32.2. The second kappa shape index (κ2) is 13.0. The van der Waals surface area contributed by atoms with Gasteiger partial charge in [0, 0.05) is 75.1 Å². The number of piperazine rings is 1. The fourth-order valence-corrected chi connectivity index (χ4v) is 6.82. The van der Waals surface area contributed by atoms with Crippen LogP contribution in [0.3, 0.4) is 0 Å². The number of ether oxygens (including phenoxy) is 1. The fourth-order valence-electron chi connectivity index (χ4n) is 5.01. The zero-order valence-corrected chi connectivity index (χ0v) is 26.1. The maximum absolute atomic E-state index is 12.4. The van der Waals surface area contributed by atoms with Crippen LogP contribution in [0, 0.1) is 0 Å². The lowest BCUT2D eigenvalue weighted by atomic mass is 10.2. The number of thiophene rings is 1. The van der Waals surface area contributed by atoms with E-state index in [2.05, 4.69) is 31.6 Å². The number of benzene rings is 1. The summed E-state index contributed by atoms with van der Waals surface area (Å²) in [6, 6.07) is 12.8. The first-order chi connectivity index (χ1) is 21.2. The Labute approximate surface area is 259 Å². The molecule has 0 atom stereocenters. The van der Waals surface area contributed by atoms with Gasteiger partial charge >= 0.3 is 6.03 Å². The summed E-state index contributed by atoms with van der Waals surface area (Å²) in [5.41, 5.74) is 1.41. The van der Waals surface area contributed by atoms with Gasteiger partial charge in [-0.05, 0) is 36.4 Å². The Morgan fingerprint density at radius 1 is 0.909 bits per heavy atom. The van der Waals surface area contributed by atoms with Gasteiger partial charge in [-0.1, -0.05) is 0 Å². The van der Waals surface area contributed by atoms with E-state index in [1.54, 1.807) is 35.3 Å². The van der Waals surface area contributed by atoms with E-state index >= 15 is 0 Å². The highest BCUT2D eigenvalue weighted by molar-refractivity contribution is 7.88. The molecule has 1 aromatic carbocycles. The van der Waals surface area contributed by atoms with Crippen molar-refractivity contribution in [2.75, 3.05) is 74.3 Å². The number of morpholine rings is 1. The van der Waals surface area contributed by atoms with E-state index in [1.807, 2.05) is 30.3 Å². The largest absolute Gasteiger partial charge is 0.378 e. The molecule has 0 unspecified atom stereocenters. The number of aromatic nitrogens is 5. The number of hydrogen-bond donors (Lipinski definition) is 2. The summed E-state index contributed by atoms with van der Waals surface area (Å²) in [7, 11) is -1.41. The van der Waals surface area contributed by atoms with Gasteiger partial charge < -0.3 is 15.0 Å². The molecule has 44 heavy (non-hydrogen) atoms. The number of hydrogen-bond acceptors (Lipinski definition) is 11. The summed E-state index contributed by atoms with van der Waals surface area (Å²) in [4.78, 5) is 33.4. The van der Waals surface area contributed by atoms with Gasteiger partial charge in [0.05, 0.1) is 30.5 Å². The third-order valence-electron chi connectivity index (χ3n) is 7.44. The summed E-state index contributed by atoms with van der Waals surface area (Å²) in [5.74, 6) is 2.30. The molecule has 0 spiro atoms. The van der Waals surface area contributed by atoms with Gasteiger partial charge in [-0.15, -0.1) is 11.3 Å². The van der Waals surface area contributed by atoms with E-state index in [9.17, 15) is 13.2 Å². The first kappa shape index (κ1) is 30.1. The number of aryl methyl sites for hydroxylation is 1. The van der Waals surface area contributed by atoms with E-state index in [0.29, 0.717) is 81.6 Å². The van der Waals surface area contributed by atoms with Gasteiger partial charge in [0.1, 0.15) is 5.82 Å². The van der Waals surface area contributed by atoms with Crippen LogP contribution >= 0.6 is 11.3 Å². The Kier molecular flexibility index (Phi) is 8.86. The average Bonchev–Trinajstić information content (AvgIpc) is 3.66. The zero-order valence-electron chi connectivity index (χ0n) is 24.5. The third-order valence-corrected chi connectivity index (χ3v) is 9.81. The lowest BCUT2D eigenvalue weighted by molar-refractivity contribution is 0.122. The van der Waals surface area contributed by atoms with Crippen LogP contribution in [0.5, 0.6) is 0 Å². The minimum atomic E-state index is -3.16. The molecule has 0 aliphatic carbocycles. The molecule has 3 aromatic heterocycles. The Morgan fingerprint density at radius 2 is 1.64 bits per heavy atom. The van der Waals surface area contributed by atoms with Gasteiger partial charge in [0.2, 0.25) is 16.0 Å². The highest BCUT2D eigenvalue weighted by Gasteiger charge is 2.24. The molecule has 2 fully saturated rings. The number of rotatable bonds is 8. The van der Waals surface area contributed by atoms with E-state index < -0.39 is 10.0 Å². The van der Waals surface area contributed by atoms with Crippen LogP contribution in [-0.2, 0) is 28.4 Å². The van der Waals surface area contributed by atoms with Crippen molar-refractivity contribution in [2.45, 2.75) is 6.54 Å². The van der Waals surface area contributed by atoms with Crippen LogP contribution in [-0.4, -0.2) is 107 Å². The molecule has 0 saturated carbocycles.